The number of amides is 2. The van der Waals surface area contributed by atoms with Crippen LogP contribution < -0.4 is 15.5 Å². The number of esters is 1. The van der Waals surface area contributed by atoms with E-state index in [-0.39, 0.29) is 21.5 Å². The van der Waals surface area contributed by atoms with Crippen LogP contribution in [0.4, 0.5) is 5.13 Å². The first-order chi connectivity index (χ1) is 19.4. The molecule has 1 heterocycles. The molecular formula is C28H17Cl2N5O4S. The van der Waals surface area contributed by atoms with Crippen molar-refractivity contribution < 1.29 is 19.1 Å². The van der Waals surface area contributed by atoms with Gasteiger partial charge in [-0.2, -0.15) is 5.10 Å². The van der Waals surface area contributed by atoms with Crippen molar-refractivity contribution in [2.24, 2.45) is 5.10 Å². The van der Waals surface area contributed by atoms with Crippen molar-refractivity contribution in [3.63, 3.8) is 0 Å². The monoisotopic (exact) mass is 589 g/mol. The summed E-state index contributed by atoms with van der Waals surface area (Å²) >= 11 is 13.2. The second-order valence-electron chi connectivity index (χ2n) is 8.14. The van der Waals surface area contributed by atoms with Gasteiger partial charge in [-0.15, -0.1) is 10.2 Å². The number of hydrazone groups is 1. The van der Waals surface area contributed by atoms with E-state index >= 15 is 0 Å². The predicted octanol–water partition coefficient (Wildman–Crippen LogP) is 5.97. The summed E-state index contributed by atoms with van der Waals surface area (Å²) in [4.78, 5) is 37.6. The summed E-state index contributed by atoms with van der Waals surface area (Å²) < 4.78 is 5.62. The minimum atomic E-state index is -1.03. The normalized spacial score (nSPS) is 10.9. The lowest BCUT2D eigenvalue weighted by molar-refractivity contribution is -0.136. The van der Waals surface area contributed by atoms with Crippen molar-refractivity contribution in [3.8, 4) is 16.3 Å². The SMILES string of the molecule is O=C(N/N=C/c1c(OC(=O)c2ccc(Cl)cc2Cl)ccc2ccccc12)C(=O)Nc1nnc(-c2ccccc2)s1. The van der Waals surface area contributed by atoms with E-state index in [0.717, 1.165) is 22.3 Å². The summed E-state index contributed by atoms with van der Waals surface area (Å²) in [5.41, 5.74) is 3.53. The molecule has 0 saturated carbocycles. The smallest absolute Gasteiger partial charge is 0.345 e. The van der Waals surface area contributed by atoms with Crippen molar-refractivity contribution in [1.29, 1.82) is 0 Å². The molecule has 0 saturated heterocycles. The zero-order valence-electron chi connectivity index (χ0n) is 20.3. The van der Waals surface area contributed by atoms with Crippen molar-refractivity contribution in [2.45, 2.75) is 0 Å². The molecule has 5 aromatic rings. The van der Waals surface area contributed by atoms with Gasteiger partial charge in [-0.25, -0.2) is 10.2 Å². The van der Waals surface area contributed by atoms with Gasteiger partial charge in [0.25, 0.3) is 0 Å². The third kappa shape index (κ3) is 6.15. The van der Waals surface area contributed by atoms with E-state index in [1.165, 1.54) is 24.4 Å². The quantitative estimate of drug-likeness (QED) is 0.0826. The summed E-state index contributed by atoms with van der Waals surface area (Å²) in [7, 11) is 0. The molecule has 0 radical (unpaired) electrons. The number of ether oxygens (including phenoxy) is 1. The fraction of sp³-hybridized carbons (Fsp3) is 0. The summed E-state index contributed by atoms with van der Waals surface area (Å²) in [6.45, 7) is 0. The van der Waals surface area contributed by atoms with E-state index in [0.29, 0.717) is 21.0 Å². The fourth-order valence-electron chi connectivity index (χ4n) is 3.64. The number of hydrogen-bond acceptors (Lipinski definition) is 8. The summed E-state index contributed by atoms with van der Waals surface area (Å²) in [5.74, 6) is -2.55. The van der Waals surface area contributed by atoms with Crippen LogP contribution in [0.25, 0.3) is 21.3 Å². The van der Waals surface area contributed by atoms with Crippen LogP contribution in [-0.4, -0.2) is 34.2 Å². The molecule has 5 rings (SSSR count). The standard InChI is InChI=1S/C28H17Cl2N5O4S/c29-18-11-12-20(22(30)14-18)27(38)39-23-13-10-16-6-4-5-9-19(16)21(23)15-31-33-25(37)24(36)32-28-35-34-26(40-28)17-7-2-1-3-8-17/h1-15H,(H,33,37)(H,32,35,36)/b31-15+. The van der Waals surface area contributed by atoms with Gasteiger partial charge in [0, 0.05) is 16.1 Å². The molecule has 0 fully saturated rings. The Morgan fingerprint density at radius 2 is 1.65 bits per heavy atom. The number of nitrogens with one attached hydrogen (secondary N) is 2. The first kappa shape index (κ1) is 26.9. The maximum absolute atomic E-state index is 12.8. The van der Waals surface area contributed by atoms with Gasteiger partial charge in [0.1, 0.15) is 10.8 Å². The Kier molecular flexibility index (Phi) is 8.11. The highest BCUT2D eigenvalue weighted by atomic mass is 35.5. The number of fused-ring (bicyclic) bond motifs is 1. The molecule has 0 spiro atoms. The molecule has 4 aromatic carbocycles. The Bertz CT molecular complexity index is 1780. The van der Waals surface area contributed by atoms with Crippen molar-refractivity contribution in [2.75, 3.05) is 5.32 Å². The number of halogens is 2. The number of benzene rings is 4. The largest absolute Gasteiger partial charge is 0.422 e. The van der Waals surface area contributed by atoms with Gasteiger partial charge in [0.15, 0.2) is 0 Å². The fourth-order valence-corrected chi connectivity index (χ4v) is 4.87. The first-order valence-corrected chi connectivity index (χ1v) is 13.2. The molecule has 2 amide bonds. The first-order valence-electron chi connectivity index (χ1n) is 11.6. The van der Waals surface area contributed by atoms with E-state index in [4.69, 9.17) is 27.9 Å². The van der Waals surface area contributed by atoms with E-state index < -0.39 is 17.8 Å². The molecule has 0 aliphatic rings. The third-order valence-electron chi connectivity index (χ3n) is 5.52. The van der Waals surface area contributed by atoms with Gasteiger partial charge in [-0.05, 0) is 35.0 Å². The van der Waals surface area contributed by atoms with Gasteiger partial charge >= 0.3 is 17.8 Å². The molecule has 0 bridgehead atoms. The van der Waals surface area contributed by atoms with Gasteiger partial charge in [-0.1, -0.05) is 95.2 Å². The second-order valence-corrected chi connectivity index (χ2v) is 9.96. The number of nitrogens with zero attached hydrogens (tertiary/aromatic N) is 3. The van der Waals surface area contributed by atoms with Crippen LogP contribution in [0, 0.1) is 0 Å². The molecule has 0 aliphatic heterocycles. The molecule has 40 heavy (non-hydrogen) atoms. The summed E-state index contributed by atoms with van der Waals surface area (Å²) in [5, 5.41) is 17.1. The number of carbonyl (C=O) groups is 3. The maximum atomic E-state index is 12.8. The average Bonchev–Trinajstić information content (AvgIpc) is 3.42. The highest BCUT2D eigenvalue weighted by Gasteiger charge is 2.18. The summed E-state index contributed by atoms with van der Waals surface area (Å²) in [6, 6.07) is 24.4. The van der Waals surface area contributed by atoms with Crippen LogP contribution >= 0.6 is 34.5 Å². The number of carbonyl (C=O) groups excluding carboxylic acids is 3. The highest BCUT2D eigenvalue weighted by Crippen LogP contribution is 2.29. The Labute approximate surface area is 241 Å². The molecule has 0 unspecified atom stereocenters. The molecule has 1 aromatic heterocycles. The second kappa shape index (κ2) is 12.0. The minimum absolute atomic E-state index is 0.124. The van der Waals surface area contributed by atoms with Gasteiger partial charge < -0.3 is 4.74 Å². The van der Waals surface area contributed by atoms with Crippen LogP contribution in [-0.2, 0) is 9.59 Å². The Morgan fingerprint density at radius 1 is 0.875 bits per heavy atom. The number of aromatic nitrogens is 2. The molecule has 198 valence electrons. The van der Waals surface area contributed by atoms with Crippen LogP contribution in [0.3, 0.4) is 0 Å². The Hall–Kier alpha value is -4.64. The zero-order chi connectivity index (χ0) is 28.1. The lowest BCUT2D eigenvalue weighted by Crippen LogP contribution is -2.32. The van der Waals surface area contributed by atoms with E-state index in [1.807, 2.05) is 42.5 Å². The van der Waals surface area contributed by atoms with Crippen LogP contribution in [0.5, 0.6) is 5.75 Å². The van der Waals surface area contributed by atoms with E-state index in [9.17, 15) is 14.4 Å². The molecule has 0 aliphatic carbocycles. The number of anilines is 1. The lowest BCUT2D eigenvalue weighted by atomic mass is 10.0. The lowest BCUT2D eigenvalue weighted by Gasteiger charge is -2.11. The van der Waals surface area contributed by atoms with Gasteiger partial charge in [0.05, 0.1) is 16.8 Å². The van der Waals surface area contributed by atoms with Crippen molar-refractivity contribution in [3.05, 3.63) is 106 Å². The van der Waals surface area contributed by atoms with Gasteiger partial charge in [-0.3, -0.25) is 14.9 Å². The van der Waals surface area contributed by atoms with E-state index in [1.54, 1.807) is 24.3 Å². The zero-order valence-corrected chi connectivity index (χ0v) is 22.6. The minimum Gasteiger partial charge on any atom is -0.422 e. The number of rotatable bonds is 6. The molecule has 0 atom stereocenters. The van der Waals surface area contributed by atoms with Crippen LogP contribution in [0.15, 0.2) is 90.0 Å². The Morgan fingerprint density at radius 3 is 2.45 bits per heavy atom. The van der Waals surface area contributed by atoms with Crippen LogP contribution in [0.1, 0.15) is 15.9 Å². The van der Waals surface area contributed by atoms with Gasteiger partial charge in [0.2, 0.25) is 5.13 Å². The number of hydrogen-bond donors (Lipinski definition) is 2. The topological polar surface area (TPSA) is 123 Å². The highest BCUT2D eigenvalue weighted by molar-refractivity contribution is 7.18. The molecule has 9 nitrogen and oxygen atoms in total. The third-order valence-corrected chi connectivity index (χ3v) is 6.95. The molecule has 12 heteroatoms. The molecule has 2 N–H and O–H groups in total. The predicted molar refractivity (Wildman–Crippen MR) is 155 cm³/mol. The Balaban J connectivity index is 1.31. The van der Waals surface area contributed by atoms with E-state index in [2.05, 4.69) is 26.0 Å². The van der Waals surface area contributed by atoms with Crippen LogP contribution in [0.2, 0.25) is 10.0 Å². The molecular weight excluding hydrogens is 573 g/mol. The van der Waals surface area contributed by atoms with Crippen molar-refractivity contribution >= 4 is 74.4 Å². The average molecular weight is 590 g/mol. The maximum Gasteiger partial charge on any atom is 0.345 e. The summed E-state index contributed by atoms with van der Waals surface area (Å²) in [6.07, 6.45) is 1.29. The van der Waals surface area contributed by atoms with Crippen molar-refractivity contribution in [1.82, 2.24) is 15.6 Å².